The van der Waals surface area contributed by atoms with Gasteiger partial charge in [0.25, 0.3) is 0 Å². The lowest BCUT2D eigenvalue weighted by Crippen LogP contribution is -2.10. The average Bonchev–Trinajstić information content (AvgIpc) is 3.05. The molecule has 6 heteroatoms. The van der Waals surface area contributed by atoms with Gasteiger partial charge in [-0.15, -0.1) is 5.10 Å². The Morgan fingerprint density at radius 3 is 2.69 bits per heavy atom. The fourth-order valence-electron chi connectivity index (χ4n) is 2.85. The average molecular weight is 347 g/mol. The third-order valence-corrected chi connectivity index (χ3v) is 4.28. The minimum atomic E-state index is -0.247. The minimum absolute atomic E-state index is 0.0799. The lowest BCUT2D eigenvalue weighted by Gasteiger charge is -2.15. The van der Waals surface area contributed by atoms with Crippen LogP contribution in [0.1, 0.15) is 24.2 Å². The summed E-state index contributed by atoms with van der Waals surface area (Å²) in [5, 5.41) is 7.96. The SMILES string of the molecule is Cc1ccc(-c2cnc3ccc(NC(C)c4cccc(F)c4)nn23)cn1. The van der Waals surface area contributed by atoms with E-state index >= 15 is 0 Å². The summed E-state index contributed by atoms with van der Waals surface area (Å²) in [6, 6.07) is 14.2. The lowest BCUT2D eigenvalue weighted by atomic mass is 10.1. The Hall–Kier alpha value is -3.28. The molecule has 0 bridgehead atoms. The molecular formula is C20H18FN5. The van der Waals surface area contributed by atoms with E-state index in [2.05, 4.69) is 20.4 Å². The molecule has 0 radical (unpaired) electrons. The van der Waals surface area contributed by atoms with Crippen LogP contribution in [0.25, 0.3) is 16.9 Å². The predicted octanol–water partition coefficient (Wildman–Crippen LogP) is 4.41. The number of halogens is 1. The van der Waals surface area contributed by atoms with Crippen molar-refractivity contribution in [2.45, 2.75) is 19.9 Å². The smallest absolute Gasteiger partial charge is 0.154 e. The van der Waals surface area contributed by atoms with Crippen molar-refractivity contribution in [3.05, 3.63) is 78.0 Å². The summed E-state index contributed by atoms with van der Waals surface area (Å²) in [6.45, 7) is 3.92. The van der Waals surface area contributed by atoms with Gasteiger partial charge in [-0.2, -0.15) is 0 Å². The predicted molar refractivity (Wildman–Crippen MR) is 99.4 cm³/mol. The van der Waals surface area contributed by atoms with Crippen molar-refractivity contribution >= 4 is 11.5 Å². The summed E-state index contributed by atoms with van der Waals surface area (Å²) < 4.78 is 15.2. The Bertz CT molecular complexity index is 1060. The Morgan fingerprint density at radius 1 is 1.04 bits per heavy atom. The number of hydrogen-bond acceptors (Lipinski definition) is 4. The van der Waals surface area contributed by atoms with Crippen LogP contribution >= 0.6 is 0 Å². The van der Waals surface area contributed by atoms with Gasteiger partial charge in [-0.05, 0) is 55.8 Å². The van der Waals surface area contributed by atoms with Crippen LogP contribution in [0.2, 0.25) is 0 Å². The zero-order chi connectivity index (χ0) is 18.1. The first-order valence-electron chi connectivity index (χ1n) is 8.40. The first-order valence-corrected chi connectivity index (χ1v) is 8.40. The van der Waals surface area contributed by atoms with Crippen molar-refractivity contribution in [3.63, 3.8) is 0 Å². The number of rotatable bonds is 4. The van der Waals surface area contributed by atoms with Crippen LogP contribution in [0, 0.1) is 12.7 Å². The van der Waals surface area contributed by atoms with Crippen molar-refractivity contribution in [2.75, 3.05) is 5.32 Å². The summed E-state index contributed by atoms with van der Waals surface area (Å²) in [5.41, 5.74) is 4.40. The van der Waals surface area contributed by atoms with Gasteiger partial charge in [0.1, 0.15) is 11.6 Å². The van der Waals surface area contributed by atoms with E-state index < -0.39 is 0 Å². The van der Waals surface area contributed by atoms with Crippen LogP contribution in [0.5, 0.6) is 0 Å². The molecule has 0 spiro atoms. The first-order chi connectivity index (χ1) is 12.6. The van der Waals surface area contributed by atoms with Crippen LogP contribution in [0.3, 0.4) is 0 Å². The Labute approximate surface area is 150 Å². The Morgan fingerprint density at radius 2 is 1.92 bits per heavy atom. The number of pyridine rings is 1. The molecule has 1 aromatic carbocycles. The van der Waals surface area contributed by atoms with E-state index in [9.17, 15) is 4.39 Å². The third kappa shape index (κ3) is 3.13. The molecule has 5 nitrogen and oxygen atoms in total. The van der Waals surface area contributed by atoms with Crippen molar-refractivity contribution in [1.29, 1.82) is 0 Å². The maximum absolute atomic E-state index is 13.4. The number of nitrogens with zero attached hydrogens (tertiary/aromatic N) is 4. The van der Waals surface area contributed by atoms with Gasteiger partial charge in [0, 0.05) is 17.5 Å². The second-order valence-electron chi connectivity index (χ2n) is 6.24. The Balaban J connectivity index is 1.66. The van der Waals surface area contributed by atoms with E-state index in [4.69, 9.17) is 0 Å². The molecule has 0 fully saturated rings. The molecule has 1 N–H and O–H groups in total. The fourth-order valence-corrected chi connectivity index (χ4v) is 2.85. The van der Waals surface area contributed by atoms with Crippen molar-refractivity contribution in [1.82, 2.24) is 19.6 Å². The second-order valence-corrected chi connectivity index (χ2v) is 6.24. The van der Waals surface area contributed by atoms with Gasteiger partial charge >= 0.3 is 0 Å². The number of imidazole rings is 1. The first kappa shape index (κ1) is 16.2. The van der Waals surface area contributed by atoms with Gasteiger partial charge in [-0.3, -0.25) is 4.98 Å². The molecule has 1 atom stereocenters. The molecule has 0 aliphatic rings. The highest BCUT2D eigenvalue weighted by molar-refractivity contribution is 5.63. The lowest BCUT2D eigenvalue weighted by molar-refractivity contribution is 0.623. The van der Waals surface area contributed by atoms with Crippen LogP contribution in [0.4, 0.5) is 10.2 Å². The normalized spacial score (nSPS) is 12.3. The summed E-state index contributed by atoms with van der Waals surface area (Å²) in [4.78, 5) is 8.74. The molecule has 0 amide bonds. The Kier molecular flexibility index (Phi) is 4.08. The van der Waals surface area contributed by atoms with Gasteiger partial charge in [0.05, 0.1) is 17.9 Å². The molecule has 130 valence electrons. The van der Waals surface area contributed by atoms with Crippen LogP contribution in [0.15, 0.2) is 60.9 Å². The van der Waals surface area contributed by atoms with Crippen LogP contribution in [-0.4, -0.2) is 19.6 Å². The number of aromatic nitrogens is 4. The van der Waals surface area contributed by atoms with Gasteiger partial charge in [-0.1, -0.05) is 12.1 Å². The number of anilines is 1. The highest BCUT2D eigenvalue weighted by atomic mass is 19.1. The molecule has 0 aliphatic heterocycles. The highest BCUT2D eigenvalue weighted by Crippen LogP contribution is 2.22. The molecule has 3 aromatic heterocycles. The molecule has 4 rings (SSSR count). The van der Waals surface area contributed by atoms with E-state index in [0.717, 1.165) is 28.2 Å². The zero-order valence-electron chi connectivity index (χ0n) is 14.5. The van der Waals surface area contributed by atoms with Gasteiger partial charge in [0.15, 0.2) is 5.65 Å². The van der Waals surface area contributed by atoms with Gasteiger partial charge in [-0.25, -0.2) is 13.9 Å². The molecular weight excluding hydrogens is 329 g/mol. The largest absolute Gasteiger partial charge is 0.362 e. The topological polar surface area (TPSA) is 55.1 Å². The van der Waals surface area contributed by atoms with Crippen LogP contribution < -0.4 is 5.32 Å². The van der Waals surface area contributed by atoms with E-state index in [1.807, 2.05) is 50.4 Å². The van der Waals surface area contributed by atoms with E-state index in [-0.39, 0.29) is 11.9 Å². The molecule has 1 unspecified atom stereocenters. The second kappa shape index (κ2) is 6.55. The maximum Gasteiger partial charge on any atom is 0.154 e. The van der Waals surface area contributed by atoms with Crippen LogP contribution in [-0.2, 0) is 0 Å². The fraction of sp³-hybridized carbons (Fsp3) is 0.150. The quantitative estimate of drug-likeness (QED) is 0.594. The number of aryl methyl sites for hydroxylation is 1. The molecule has 26 heavy (non-hydrogen) atoms. The van der Waals surface area contributed by atoms with Crippen molar-refractivity contribution < 1.29 is 4.39 Å². The van der Waals surface area contributed by atoms with E-state index in [1.54, 1.807) is 16.8 Å². The van der Waals surface area contributed by atoms with Gasteiger partial charge in [0.2, 0.25) is 0 Å². The molecule has 0 saturated carbocycles. The summed E-state index contributed by atoms with van der Waals surface area (Å²) >= 11 is 0. The number of benzene rings is 1. The number of fused-ring (bicyclic) bond motifs is 1. The maximum atomic E-state index is 13.4. The van der Waals surface area contributed by atoms with E-state index in [0.29, 0.717) is 5.82 Å². The molecule has 0 aliphatic carbocycles. The van der Waals surface area contributed by atoms with Crippen molar-refractivity contribution in [2.24, 2.45) is 0 Å². The summed E-state index contributed by atoms with van der Waals surface area (Å²) in [7, 11) is 0. The standard InChI is InChI=1S/C20H18FN5/c1-13-6-7-16(11-22-13)18-12-23-20-9-8-19(25-26(18)20)24-14(2)15-4-3-5-17(21)10-15/h3-12,14H,1-2H3,(H,24,25). The number of hydrogen-bond donors (Lipinski definition) is 1. The van der Waals surface area contributed by atoms with Gasteiger partial charge < -0.3 is 5.32 Å². The van der Waals surface area contributed by atoms with Crippen molar-refractivity contribution in [3.8, 4) is 11.3 Å². The van der Waals surface area contributed by atoms with E-state index in [1.165, 1.54) is 12.1 Å². The zero-order valence-corrected chi connectivity index (χ0v) is 14.5. The molecule has 4 aromatic rings. The summed E-state index contributed by atoms with van der Waals surface area (Å²) in [5.74, 6) is 0.442. The summed E-state index contributed by atoms with van der Waals surface area (Å²) in [6.07, 6.45) is 3.60. The molecule has 0 saturated heterocycles. The molecule has 3 heterocycles. The monoisotopic (exact) mass is 347 g/mol. The minimum Gasteiger partial charge on any atom is -0.362 e. The third-order valence-electron chi connectivity index (χ3n) is 4.28. The number of nitrogens with one attached hydrogen (secondary N) is 1. The highest BCUT2D eigenvalue weighted by Gasteiger charge is 2.11.